The van der Waals surface area contributed by atoms with E-state index in [1.165, 1.54) is 0 Å². The van der Waals surface area contributed by atoms with Crippen molar-refractivity contribution in [2.24, 2.45) is 5.73 Å². The number of hydrogen-bond acceptors (Lipinski definition) is 5. The zero-order valence-electron chi connectivity index (χ0n) is 13.1. The highest BCUT2D eigenvalue weighted by molar-refractivity contribution is 5.81. The van der Waals surface area contributed by atoms with Crippen molar-refractivity contribution in [1.82, 2.24) is 15.1 Å². The molecule has 21 heavy (non-hydrogen) atoms. The number of amides is 2. The van der Waals surface area contributed by atoms with Crippen molar-refractivity contribution >= 4 is 11.8 Å². The van der Waals surface area contributed by atoms with E-state index in [-0.39, 0.29) is 17.9 Å². The molecule has 1 fully saturated rings. The number of rotatable bonds is 8. The number of carbonyl (C=O) groups excluding carboxylic acids is 2. The Bertz CT molecular complexity index is 330. The van der Waals surface area contributed by atoms with E-state index in [9.17, 15) is 9.59 Å². The Hall–Kier alpha value is -1.18. The van der Waals surface area contributed by atoms with Gasteiger partial charge in [0, 0.05) is 59.4 Å². The first-order valence-corrected chi connectivity index (χ1v) is 7.58. The smallest absolute Gasteiger partial charge is 0.237 e. The normalized spacial score (nSPS) is 17.6. The molecule has 3 N–H and O–H groups in total. The van der Waals surface area contributed by atoms with E-state index in [0.717, 1.165) is 19.5 Å². The number of nitrogens with one attached hydrogen (secondary N) is 1. The first-order chi connectivity index (χ1) is 10.1. The average molecular weight is 300 g/mol. The SMILES string of the molecule is COCCCNC(=O)C(C)N1CCN(C(=O)CCN)CC1. The molecular weight excluding hydrogens is 272 g/mol. The first-order valence-electron chi connectivity index (χ1n) is 7.58. The highest BCUT2D eigenvalue weighted by Crippen LogP contribution is 2.07. The Labute approximate surface area is 126 Å². The number of ether oxygens (including phenoxy) is 1. The first kappa shape index (κ1) is 17.9. The second-order valence-corrected chi connectivity index (χ2v) is 5.27. The van der Waals surface area contributed by atoms with Crippen LogP contribution in [0.3, 0.4) is 0 Å². The summed E-state index contributed by atoms with van der Waals surface area (Å²) in [5.74, 6) is 0.140. The molecule has 1 rings (SSSR count). The minimum absolute atomic E-state index is 0.0350. The van der Waals surface area contributed by atoms with Crippen LogP contribution in [0.25, 0.3) is 0 Å². The molecule has 0 spiro atoms. The lowest BCUT2D eigenvalue weighted by molar-refractivity contribution is -0.134. The van der Waals surface area contributed by atoms with Crippen LogP contribution in [-0.2, 0) is 14.3 Å². The van der Waals surface area contributed by atoms with Crippen LogP contribution in [-0.4, -0.2) is 80.6 Å². The topological polar surface area (TPSA) is 87.9 Å². The van der Waals surface area contributed by atoms with Gasteiger partial charge in [0.15, 0.2) is 0 Å². The van der Waals surface area contributed by atoms with Crippen molar-refractivity contribution in [3.63, 3.8) is 0 Å². The van der Waals surface area contributed by atoms with Gasteiger partial charge in [-0.05, 0) is 13.3 Å². The number of nitrogens with two attached hydrogens (primary N) is 1. The Kier molecular flexibility index (Phi) is 8.26. The van der Waals surface area contributed by atoms with Crippen molar-refractivity contribution in [3.05, 3.63) is 0 Å². The predicted molar refractivity (Wildman–Crippen MR) is 80.8 cm³/mol. The average Bonchev–Trinajstić information content (AvgIpc) is 2.51. The molecule has 0 bridgehead atoms. The molecule has 0 aliphatic carbocycles. The highest BCUT2D eigenvalue weighted by atomic mass is 16.5. The van der Waals surface area contributed by atoms with Crippen molar-refractivity contribution in [2.75, 3.05) is 53.0 Å². The Morgan fingerprint density at radius 2 is 1.95 bits per heavy atom. The second-order valence-electron chi connectivity index (χ2n) is 5.27. The molecule has 0 aromatic heterocycles. The maximum absolute atomic E-state index is 12.0. The minimum Gasteiger partial charge on any atom is -0.385 e. The van der Waals surface area contributed by atoms with Gasteiger partial charge in [-0.15, -0.1) is 0 Å². The Morgan fingerprint density at radius 1 is 1.29 bits per heavy atom. The maximum Gasteiger partial charge on any atom is 0.237 e. The monoisotopic (exact) mass is 300 g/mol. The summed E-state index contributed by atoms with van der Waals surface area (Å²) in [7, 11) is 1.65. The van der Waals surface area contributed by atoms with Gasteiger partial charge in [0.2, 0.25) is 11.8 Å². The molecular formula is C14H28N4O3. The van der Waals surface area contributed by atoms with Crippen LogP contribution in [0.4, 0.5) is 0 Å². The van der Waals surface area contributed by atoms with E-state index in [1.807, 2.05) is 11.8 Å². The van der Waals surface area contributed by atoms with Gasteiger partial charge in [0.1, 0.15) is 0 Å². The van der Waals surface area contributed by atoms with Gasteiger partial charge >= 0.3 is 0 Å². The summed E-state index contributed by atoms with van der Waals surface area (Å²) in [5, 5.41) is 2.91. The summed E-state index contributed by atoms with van der Waals surface area (Å²) < 4.78 is 4.95. The highest BCUT2D eigenvalue weighted by Gasteiger charge is 2.26. The van der Waals surface area contributed by atoms with Crippen molar-refractivity contribution in [1.29, 1.82) is 0 Å². The molecule has 1 aliphatic rings. The molecule has 1 heterocycles. The largest absolute Gasteiger partial charge is 0.385 e. The van der Waals surface area contributed by atoms with E-state index in [1.54, 1.807) is 7.11 Å². The summed E-state index contributed by atoms with van der Waals surface area (Å²) in [5.41, 5.74) is 5.40. The van der Waals surface area contributed by atoms with Crippen molar-refractivity contribution in [3.8, 4) is 0 Å². The predicted octanol–water partition coefficient (Wildman–Crippen LogP) is -0.979. The standard InChI is InChI=1S/C14H28N4O3/c1-12(14(20)16-6-3-11-21-2)17-7-9-18(10-8-17)13(19)4-5-15/h12H,3-11,15H2,1-2H3,(H,16,20). The van der Waals surface area contributed by atoms with Crippen LogP contribution in [0.2, 0.25) is 0 Å². The molecule has 1 unspecified atom stereocenters. The third-order valence-corrected chi connectivity index (χ3v) is 3.78. The van der Waals surface area contributed by atoms with Gasteiger partial charge < -0.3 is 20.7 Å². The lowest BCUT2D eigenvalue weighted by Crippen LogP contribution is -2.55. The summed E-state index contributed by atoms with van der Waals surface area (Å²) in [6.45, 7) is 6.36. The molecule has 122 valence electrons. The van der Waals surface area contributed by atoms with Gasteiger partial charge in [0.25, 0.3) is 0 Å². The summed E-state index contributed by atoms with van der Waals surface area (Å²) in [4.78, 5) is 27.7. The number of piperazine rings is 1. The quantitative estimate of drug-likeness (QED) is 0.563. The van der Waals surface area contributed by atoms with Crippen LogP contribution in [0.1, 0.15) is 19.8 Å². The molecule has 0 aromatic carbocycles. The number of carbonyl (C=O) groups is 2. The summed E-state index contributed by atoms with van der Waals surface area (Å²) >= 11 is 0. The Morgan fingerprint density at radius 3 is 2.52 bits per heavy atom. The van der Waals surface area contributed by atoms with Crippen molar-refractivity contribution < 1.29 is 14.3 Å². The van der Waals surface area contributed by atoms with Gasteiger partial charge in [-0.1, -0.05) is 0 Å². The van der Waals surface area contributed by atoms with Gasteiger partial charge in [-0.2, -0.15) is 0 Å². The molecule has 1 aliphatic heterocycles. The molecule has 1 atom stereocenters. The Balaban J connectivity index is 2.29. The molecule has 2 amide bonds. The zero-order valence-corrected chi connectivity index (χ0v) is 13.1. The molecule has 7 heteroatoms. The summed E-state index contributed by atoms with van der Waals surface area (Å²) in [6.07, 6.45) is 1.21. The molecule has 7 nitrogen and oxygen atoms in total. The molecule has 0 aromatic rings. The summed E-state index contributed by atoms with van der Waals surface area (Å²) in [6, 6.07) is -0.167. The number of methoxy groups -OCH3 is 1. The van der Waals surface area contributed by atoms with Crippen molar-refractivity contribution in [2.45, 2.75) is 25.8 Å². The molecule has 0 saturated carbocycles. The van der Waals surface area contributed by atoms with Gasteiger partial charge in [-0.3, -0.25) is 14.5 Å². The number of nitrogens with zero attached hydrogens (tertiary/aromatic N) is 2. The van der Waals surface area contributed by atoms with Crippen LogP contribution in [0.5, 0.6) is 0 Å². The van der Waals surface area contributed by atoms with E-state index in [0.29, 0.717) is 39.2 Å². The van der Waals surface area contributed by atoms with E-state index in [2.05, 4.69) is 10.2 Å². The number of hydrogen-bond donors (Lipinski definition) is 2. The lowest BCUT2D eigenvalue weighted by Gasteiger charge is -2.37. The zero-order chi connectivity index (χ0) is 15.7. The second kappa shape index (κ2) is 9.70. The molecule has 1 saturated heterocycles. The van der Waals surface area contributed by atoms with Crippen LogP contribution in [0.15, 0.2) is 0 Å². The minimum atomic E-state index is -0.167. The fourth-order valence-corrected chi connectivity index (χ4v) is 2.38. The van der Waals surface area contributed by atoms with Crippen LogP contribution >= 0.6 is 0 Å². The van der Waals surface area contributed by atoms with Crippen LogP contribution in [0, 0.1) is 0 Å². The van der Waals surface area contributed by atoms with Crippen LogP contribution < -0.4 is 11.1 Å². The van der Waals surface area contributed by atoms with E-state index < -0.39 is 0 Å². The van der Waals surface area contributed by atoms with E-state index >= 15 is 0 Å². The third-order valence-electron chi connectivity index (χ3n) is 3.78. The molecule has 0 radical (unpaired) electrons. The lowest BCUT2D eigenvalue weighted by atomic mass is 10.2. The fourth-order valence-electron chi connectivity index (χ4n) is 2.38. The fraction of sp³-hybridized carbons (Fsp3) is 0.857. The maximum atomic E-state index is 12.0. The van der Waals surface area contributed by atoms with E-state index in [4.69, 9.17) is 10.5 Å². The van der Waals surface area contributed by atoms with Gasteiger partial charge in [-0.25, -0.2) is 0 Å². The third kappa shape index (κ3) is 5.99. The van der Waals surface area contributed by atoms with Gasteiger partial charge in [0.05, 0.1) is 6.04 Å².